The van der Waals surface area contributed by atoms with Crippen LogP contribution in [-0.2, 0) is 0 Å². The van der Waals surface area contributed by atoms with Crippen LogP contribution >= 0.6 is 0 Å². The van der Waals surface area contributed by atoms with Crippen molar-refractivity contribution in [1.82, 2.24) is 19.5 Å². The second-order valence-corrected chi connectivity index (χ2v) is 4.60. The Balaban J connectivity index is 2.11. The average Bonchev–Trinajstić information content (AvgIpc) is 2.55. The van der Waals surface area contributed by atoms with E-state index in [9.17, 15) is 13.6 Å². The van der Waals surface area contributed by atoms with Gasteiger partial charge >= 0.3 is 12.6 Å². The summed E-state index contributed by atoms with van der Waals surface area (Å²) in [5.41, 5.74) is 0.649. The van der Waals surface area contributed by atoms with Gasteiger partial charge in [-0.15, -0.1) is 0 Å². The maximum atomic E-state index is 12.2. The third kappa shape index (κ3) is 3.14. The van der Waals surface area contributed by atoms with Gasteiger partial charge in [0.1, 0.15) is 11.3 Å². The molecule has 0 aliphatic heterocycles. The summed E-state index contributed by atoms with van der Waals surface area (Å²) in [4.78, 5) is 24.4. The minimum Gasteiger partial charge on any atom is -0.464 e. The Labute approximate surface area is 134 Å². The van der Waals surface area contributed by atoms with Crippen LogP contribution < -0.4 is 15.0 Å². The van der Waals surface area contributed by atoms with Crippen LogP contribution in [0.5, 0.6) is 11.8 Å². The number of fused-ring (bicyclic) bond motifs is 1. The molecule has 0 radical (unpaired) electrons. The van der Waals surface area contributed by atoms with E-state index < -0.39 is 12.2 Å². The van der Waals surface area contributed by atoms with Crippen molar-refractivity contribution in [2.75, 3.05) is 6.61 Å². The van der Waals surface area contributed by atoms with E-state index in [1.165, 1.54) is 35.0 Å². The Morgan fingerprint density at radius 3 is 2.58 bits per heavy atom. The van der Waals surface area contributed by atoms with Crippen LogP contribution in [0.2, 0.25) is 0 Å². The number of hydrogen-bond acceptors (Lipinski definition) is 6. The molecule has 0 aliphatic carbocycles. The third-order valence-corrected chi connectivity index (χ3v) is 3.07. The predicted octanol–water partition coefficient (Wildman–Crippen LogP) is 2.18. The lowest BCUT2D eigenvalue weighted by Crippen LogP contribution is -2.20. The lowest BCUT2D eigenvalue weighted by atomic mass is 10.3. The second kappa shape index (κ2) is 6.57. The molecule has 0 bridgehead atoms. The molecule has 0 N–H and O–H groups in total. The van der Waals surface area contributed by atoms with Gasteiger partial charge in [0.05, 0.1) is 24.7 Å². The normalized spacial score (nSPS) is 11.0. The summed E-state index contributed by atoms with van der Waals surface area (Å²) in [5, 5.41) is 0. The molecule has 0 saturated carbocycles. The zero-order valence-corrected chi connectivity index (χ0v) is 12.5. The van der Waals surface area contributed by atoms with Gasteiger partial charge in [0.2, 0.25) is 0 Å². The molecule has 2 aromatic heterocycles. The quantitative estimate of drug-likeness (QED) is 0.711. The summed E-state index contributed by atoms with van der Waals surface area (Å²) in [6.45, 7) is -0.761. The van der Waals surface area contributed by atoms with Crippen molar-refractivity contribution in [3.8, 4) is 17.4 Å². The molecule has 9 heteroatoms. The second-order valence-electron chi connectivity index (χ2n) is 4.60. The average molecular weight is 334 g/mol. The molecular formula is C15H12F2N4O3. The minimum absolute atomic E-state index is 0.00945. The van der Waals surface area contributed by atoms with Gasteiger partial charge < -0.3 is 9.47 Å². The maximum absolute atomic E-state index is 12.2. The first-order valence-electron chi connectivity index (χ1n) is 7.01. The van der Waals surface area contributed by atoms with Crippen LogP contribution in [0.25, 0.3) is 16.9 Å². The Morgan fingerprint density at radius 2 is 1.92 bits per heavy atom. The van der Waals surface area contributed by atoms with E-state index in [2.05, 4.69) is 19.7 Å². The monoisotopic (exact) mass is 334 g/mol. The van der Waals surface area contributed by atoms with E-state index in [0.717, 1.165) is 6.20 Å². The number of halogens is 2. The van der Waals surface area contributed by atoms with Crippen molar-refractivity contribution in [1.29, 1.82) is 0 Å². The standard InChI is InChI=1S/C15H12F2N4O3/c1-2-23-15-19-7-11-13(20-15)21(12(22)8-18-11)9-3-5-10(6-4-9)24-14(16)17/h3-8,14H,2H2,1H3. The highest BCUT2D eigenvalue weighted by molar-refractivity contribution is 5.71. The zero-order valence-electron chi connectivity index (χ0n) is 12.5. The van der Waals surface area contributed by atoms with Gasteiger partial charge in [-0.2, -0.15) is 13.8 Å². The lowest BCUT2D eigenvalue weighted by Gasteiger charge is -2.10. The van der Waals surface area contributed by atoms with Crippen LogP contribution in [0.15, 0.2) is 41.5 Å². The number of alkyl halides is 2. The molecule has 0 spiro atoms. The number of ether oxygens (including phenoxy) is 2. The van der Waals surface area contributed by atoms with Gasteiger partial charge in [0.25, 0.3) is 5.56 Å². The van der Waals surface area contributed by atoms with Gasteiger partial charge in [-0.25, -0.2) is 9.97 Å². The summed E-state index contributed by atoms with van der Waals surface area (Å²) in [5.74, 6) is -0.00945. The fraction of sp³-hybridized carbons (Fsp3) is 0.200. The van der Waals surface area contributed by atoms with Crippen molar-refractivity contribution in [2.24, 2.45) is 0 Å². The first-order chi connectivity index (χ1) is 11.6. The molecule has 0 unspecified atom stereocenters. The lowest BCUT2D eigenvalue weighted by molar-refractivity contribution is -0.0498. The molecule has 3 rings (SSSR count). The van der Waals surface area contributed by atoms with E-state index in [1.807, 2.05) is 0 Å². The highest BCUT2D eigenvalue weighted by atomic mass is 19.3. The van der Waals surface area contributed by atoms with Crippen LogP contribution in [0, 0.1) is 0 Å². The predicted molar refractivity (Wildman–Crippen MR) is 80.7 cm³/mol. The summed E-state index contributed by atoms with van der Waals surface area (Å²) >= 11 is 0. The molecule has 0 atom stereocenters. The smallest absolute Gasteiger partial charge is 0.387 e. The number of benzene rings is 1. The van der Waals surface area contributed by atoms with Crippen molar-refractivity contribution < 1.29 is 18.3 Å². The van der Waals surface area contributed by atoms with E-state index >= 15 is 0 Å². The molecule has 124 valence electrons. The topological polar surface area (TPSA) is 79.1 Å². The van der Waals surface area contributed by atoms with Crippen LogP contribution in [0.3, 0.4) is 0 Å². The van der Waals surface area contributed by atoms with Crippen LogP contribution in [-0.4, -0.2) is 32.7 Å². The molecule has 7 nitrogen and oxygen atoms in total. The van der Waals surface area contributed by atoms with E-state index in [4.69, 9.17) is 4.74 Å². The Morgan fingerprint density at radius 1 is 1.17 bits per heavy atom. The Kier molecular flexibility index (Phi) is 4.32. The van der Waals surface area contributed by atoms with Gasteiger partial charge in [-0.1, -0.05) is 0 Å². The number of hydrogen-bond donors (Lipinski definition) is 0. The maximum Gasteiger partial charge on any atom is 0.387 e. The van der Waals surface area contributed by atoms with Gasteiger partial charge in [0.15, 0.2) is 5.65 Å². The van der Waals surface area contributed by atoms with Crippen molar-refractivity contribution in [3.63, 3.8) is 0 Å². The zero-order chi connectivity index (χ0) is 17.1. The molecule has 0 amide bonds. The van der Waals surface area contributed by atoms with E-state index in [-0.39, 0.29) is 17.4 Å². The molecular weight excluding hydrogens is 322 g/mol. The summed E-state index contributed by atoms with van der Waals surface area (Å²) in [6.07, 6.45) is 2.58. The number of rotatable bonds is 5. The fourth-order valence-electron chi connectivity index (χ4n) is 2.12. The molecule has 2 heterocycles. The number of aromatic nitrogens is 4. The molecule has 3 aromatic rings. The van der Waals surface area contributed by atoms with Crippen molar-refractivity contribution in [3.05, 3.63) is 47.0 Å². The first kappa shape index (κ1) is 15.8. The van der Waals surface area contributed by atoms with Crippen LogP contribution in [0.1, 0.15) is 6.92 Å². The van der Waals surface area contributed by atoms with Crippen LogP contribution in [0.4, 0.5) is 8.78 Å². The first-order valence-corrected chi connectivity index (χ1v) is 7.01. The van der Waals surface area contributed by atoms with Gasteiger partial charge in [-0.3, -0.25) is 9.36 Å². The fourth-order valence-corrected chi connectivity index (χ4v) is 2.12. The van der Waals surface area contributed by atoms with Crippen molar-refractivity contribution in [2.45, 2.75) is 13.5 Å². The SMILES string of the molecule is CCOc1ncc2ncc(=O)n(-c3ccc(OC(F)F)cc3)c2n1. The van der Waals surface area contributed by atoms with E-state index in [1.54, 1.807) is 6.92 Å². The van der Waals surface area contributed by atoms with Gasteiger partial charge in [0, 0.05) is 0 Å². The number of nitrogens with zero attached hydrogens (tertiary/aromatic N) is 4. The highest BCUT2D eigenvalue weighted by Gasteiger charge is 2.11. The highest BCUT2D eigenvalue weighted by Crippen LogP contribution is 2.19. The minimum atomic E-state index is -2.91. The van der Waals surface area contributed by atoms with Crippen molar-refractivity contribution >= 4 is 11.2 Å². The summed E-state index contributed by atoms with van der Waals surface area (Å²) < 4.78 is 35.3. The third-order valence-electron chi connectivity index (χ3n) is 3.07. The Bertz CT molecular complexity index is 913. The molecule has 0 aliphatic rings. The molecule has 1 aromatic carbocycles. The summed E-state index contributed by atoms with van der Waals surface area (Å²) in [6, 6.07) is 5.74. The van der Waals surface area contributed by atoms with Gasteiger partial charge in [-0.05, 0) is 31.2 Å². The largest absolute Gasteiger partial charge is 0.464 e. The van der Waals surface area contributed by atoms with E-state index in [0.29, 0.717) is 17.8 Å². The molecule has 0 fully saturated rings. The Hall–Kier alpha value is -3.10. The molecule has 0 saturated heterocycles. The molecule has 24 heavy (non-hydrogen) atoms. The summed E-state index contributed by atoms with van der Waals surface area (Å²) in [7, 11) is 0.